The summed E-state index contributed by atoms with van der Waals surface area (Å²) in [6.07, 6.45) is 1.62. The van der Waals surface area contributed by atoms with E-state index < -0.39 is 0 Å². The lowest BCUT2D eigenvalue weighted by Gasteiger charge is -1.84. The van der Waals surface area contributed by atoms with Gasteiger partial charge < -0.3 is 0 Å². The van der Waals surface area contributed by atoms with Crippen LogP contribution in [0.3, 0.4) is 0 Å². The minimum absolute atomic E-state index is 0.130. The summed E-state index contributed by atoms with van der Waals surface area (Å²) in [5, 5.41) is 0.429. The van der Waals surface area contributed by atoms with E-state index in [-0.39, 0.29) is 5.78 Å². The van der Waals surface area contributed by atoms with Crippen LogP contribution in [0.15, 0.2) is 11.6 Å². The van der Waals surface area contributed by atoms with Gasteiger partial charge in [0, 0.05) is 0 Å². The Morgan fingerprint density at radius 2 is 2.12 bits per heavy atom. The molecule has 0 unspecified atom stereocenters. The van der Waals surface area contributed by atoms with Crippen molar-refractivity contribution in [3.05, 3.63) is 11.6 Å². The first-order valence-electron chi connectivity index (χ1n) is 2.40. The fourth-order valence-electron chi connectivity index (χ4n) is 0.361. The number of rotatable bonds is 2. The standard InChI is InChI=1S/C6H9BrO/c1-5(2)3-6(8)4-7/h3H,4H2,1-2H3. The van der Waals surface area contributed by atoms with E-state index >= 15 is 0 Å². The highest BCUT2D eigenvalue weighted by Gasteiger charge is 1.89. The van der Waals surface area contributed by atoms with Gasteiger partial charge >= 0.3 is 0 Å². The monoisotopic (exact) mass is 176 g/mol. The van der Waals surface area contributed by atoms with E-state index in [2.05, 4.69) is 15.9 Å². The minimum atomic E-state index is 0.130. The van der Waals surface area contributed by atoms with Crippen LogP contribution in [0.5, 0.6) is 0 Å². The zero-order valence-corrected chi connectivity index (χ0v) is 6.66. The van der Waals surface area contributed by atoms with Gasteiger partial charge in [-0.1, -0.05) is 21.5 Å². The molecule has 8 heavy (non-hydrogen) atoms. The molecule has 0 spiro atoms. The lowest BCUT2D eigenvalue weighted by Crippen LogP contribution is -1.92. The molecule has 0 aromatic rings. The third kappa shape index (κ3) is 4.06. The molecule has 0 fully saturated rings. The molecule has 46 valence electrons. The van der Waals surface area contributed by atoms with Gasteiger partial charge in [0.15, 0.2) is 5.78 Å². The molecular weight excluding hydrogens is 168 g/mol. The first-order valence-corrected chi connectivity index (χ1v) is 3.52. The average molecular weight is 177 g/mol. The van der Waals surface area contributed by atoms with Gasteiger partial charge in [-0.2, -0.15) is 0 Å². The van der Waals surface area contributed by atoms with Crippen LogP contribution in [-0.4, -0.2) is 11.1 Å². The topological polar surface area (TPSA) is 17.1 Å². The molecule has 0 saturated heterocycles. The van der Waals surface area contributed by atoms with E-state index in [1.807, 2.05) is 13.8 Å². The molecule has 0 N–H and O–H groups in total. The second kappa shape index (κ2) is 3.84. The Bertz CT molecular complexity index is 112. The molecule has 1 nitrogen and oxygen atoms in total. The highest BCUT2D eigenvalue weighted by molar-refractivity contribution is 9.09. The van der Waals surface area contributed by atoms with Crippen LogP contribution < -0.4 is 0 Å². The van der Waals surface area contributed by atoms with Gasteiger partial charge in [0.2, 0.25) is 0 Å². The molecular formula is C6H9BrO. The quantitative estimate of drug-likeness (QED) is 0.465. The minimum Gasteiger partial charge on any atom is -0.294 e. The Morgan fingerprint density at radius 1 is 1.62 bits per heavy atom. The molecule has 0 heterocycles. The van der Waals surface area contributed by atoms with Crippen molar-refractivity contribution in [3.63, 3.8) is 0 Å². The number of allylic oxidation sites excluding steroid dienone is 2. The lowest BCUT2D eigenvalue weighted by molar-refractivity contribution is -0.112. The van der Waals surface area contributed by atoms with Gasteiger partial charge in [-0.15, -0.1) is 0 Å². The first kappa shape index (κ1) is 7.89. The van der Waals surface area contributed by atoms with Crippen LogP contribution in [0.25, 0.3) is 0 Å². The van der Waals surface area contributed by atoms with Crippen molar-refractivity contribution in [1.29, 1.82) is 0 Å². The zero-order valence-electron chi connectivity index (χ0n) is 5.07. The summed E-state index contributed by atoms with van der Waals surface area (Å²) in [5.74, 6) is 0.130. The summed E-state index contributed by atoms with van der Waals surface area (Å²) in [6, 6.07) is 0. The fraction of sp³-hybridized carbons (Fsp3) is 0.500. The van der Waals surface area contributed by atoms with Crippen molar-refractivity contribution >= 4 is 21.7 Å². The molecule has 0 aliphatic rings. The Kier molecular flexibility index (Phi) is 3.79. The lowest BCUT2D eigenvalue weighted by atomic mass is 10.3. The van der Waals surface area contributed by atoms with Gasteiger partial charge in [-0.25, -0.2) is 0 Å². The number of ketones is 1. The van der Waals surface area contributed by atoms with E-state index in [0.717, 1.165) is 5.57 Å². The van der Waals surface area contributed by atoms with Crippen LogP contribution in [0, 0.1) is 0 Å². The third-order valence-corrected chi connectivity index (χ3v) is 1.13. The highest BCUT2D eigenvalue weighted by atomic mass is 79.9. The Morgan fingerprint density at radius 3 is 2.25 bits per heavy atom. The van der Waals surface area contributed by atoms with Crippen molar-refractivity contribution in [2.75, 3.05) is 5.33 Å². The molecule has 0 saturated carbocycles. The van der Waals surface area contributed by atoms with Crippen LogP contribution in [0.2, 0.25) is 0 Å². The van der Waals surface area contributed by atoms with Crippen molar-refractivity contribution in [3.8, 4) is 0 Å². The Labute approximate surface area is 57.9 Å². The fourth-order valence-corrected chi connectivity index (χ4v) is 0.522. The maximum absolute atomic E-state index is 10.5. The molecule has 0 aromatic heterocycles. The Hall–Kier alpha value is -0.110. The third-order valence-electron chi connectivity index (χ3n) is 0.581. The first-order chi connectivity index (χ1) is 3.66. The predicted molar refractivity (Wildman–Crippen MR) is 38.2 cm³/mol. The van der Waals surface area contributed by atoms with E-state index in [1.165, 1.54) is 0 Å². The summed E-state index contributed by atoms with van der Waals surface area (Å²) >= 11 is 3.05. The van der Waals surface area contributed by atoms with E-state index in [0.29, 0.717) is 5.33 Å². The van der Waals surface area contributed by atoms with Gasteiger partial charge in [0.1, 0.15) is 0 Å². The summed E-state index contributed by atoms with van der Waals surface area (Å²) in [5.41, 5.74) is 1.05. The number of alkyl halides is 1. The van der Waals surface area contributed by atoms with Gasteiger partial charge in [-0.3, -0.25) is 4.79 Å². The maximum atomic E-state index is 10.5. The largest absolute Gasteiger partial charge is 0.294 e. The van der Waals surface area contributed by atoms with Gasteiger partial charge in [0.05, 0.1) is 5.33 Å². The summed E-state index contributed by atoms with van der Waals surface area (Å²) < 4.78 is 0. The second-order valence-electron chi connectivity index (χ2n) is 1.82. The van der Waals surface area contributed by atoms with Crippen molar-refractivity contribution in [2.24, 2.45) is 0 Å². The molecule has 2 heteroatoms. The summed E-state index contributed by atoms with van der Waals surface area (Å²) in [6.45, 7) is 3.81. The molecule has 0 aliphatic heterocycles. The van der Waals surface area contributed by atoms with Crippen molar-refractivity contribution in [2.45, 2.75) is 13.8 Å². The van der Waals surface area contributed by atoms with Gasteiger partial charge in [0.25, 0.3) is 0 Å². The van der Waals surface area contributed by atoms with Gasteiger partial charge in [-0.05, 0) is 19.9 Å². The van der Waals surface area contributed by atoms with Crippen molar-refractivity contribution < 1.29 is 4.79 Å². The maximum Gasteiger partial charge on any atom is 0.166 e. The molecule has 0 aromatic carbocycles. The molecule has 0 aliphatic carbocycles. The zero-order chi connectivity index (χ0) is 6.57. The average Bonchev–Trinajstić information content (AvgIpc) is 1.65. The van der Waals surface area contributed by atoms with E-state index in [9.17, 15) is 4.79 Å². The Balaban J connectivity index is 3.70. The SMILES string of the molecule is CC(C)=CC(=O)CBr. The normalized spacial score (nSPS) is 8.38. The van der Waals surface area contributed by atoms with E-state index in [4.69, 9.17) is 0 Å². The molecule has 0 atom stereocenters. The highest BCUT2D eigenvalue weighted by Crippen LogP contribution is 1.91. The smallest absolute Gasteiger partial charge is 0.166 e. The van der Waals surface area contributed by atoms with Crippen LogP contribution in [0.1, 0.15) is 13.8 Å². The summed E-state index contributed by atoms with van der Waals surface area (Å²) in [4.78, 5) is 10.5. The molecule has 0 bridgehead atoms. The molecule has 0 amide bonds. The number of halogens is 1. The number of carbonyl (C=O) groups is 1. The van der Waals surface area contributed by atoms with Crippen LogP contribution in [-0.2, 0) is 4.79 Å². The molecule has 0 rings (SSSR count). The number of hydrogen-bond acceptors (Lipinski definition) is 1. The number of hydrogen-bond donors (Lipinski definition) is 0. The van der Waals surface area contributed by atoms with Crippen molar-refractivity contribution in [1.82, 2.24) is 0 Å². The second-order valence-corrected chi connectivity index (χ2v) is 2.38. The summed E-state index contributed by atoms with van der Waals surface area (Å²) in [7, 11) is 0. The van der Waals surface area contributed by atoms with Crippen LogP contribution >= 0.6 is 15.9 Å². The van der Waals surface area contributed by atoms with E-state index in [1.54, 1.807) is 6.08 Å². The predicted octanol–water partition coefficient (Wildman–Crippen LogP) is 1.92. The number of carbonyl (C=O) groups excluding carboxylic acids is 1. The molecule has 0 radical (unpaired) electrons. The van der Waals surface area contributed by atoms with Crippen LogP contribution in [0.4, 0.5) is 0 Å².